The van der Waals surface area contributed by atoms with E-state index in [1.165, 1.54) is 0 Å². The number of hydrogen-bond donors (Lipinski definition) is 0. The molecular weight excluding hydrogens is 254 g/mol. The van der Waals surface area contributed by atoms with E-state index in [-0.39, 0.29) is 5.54 Å². The van der Waals surface area contributed by atoms with E-state index in [4.69, 9.17) is 5.26 Å². The average Bonchev–Trinajstić information content (AvgIpc) is 2.18. The van der Waals surface area contributed by atoms with E-state index in [0.29, 0.717) is 0 Å². The smallest absolute Gasteiger partial charge is 0.103 e. The van der Waals surface area contributed by atoms with Gasteiger partial charge in [0.2, 0.25) is 0 Å². The summed E-state index contributed by atoms with van der Waals surface area (Å²) in [5.74, 6) is 0. The van der Waals surface area contributed by atoms with E-state index < -0.39 is 0 Å². The minimum absolute atomic E-state index is 0.336. The molecule has 0 spiro atoms. The molecule has 1 heterocycles. The Kier molecular flexibility index (Phi) is 4.32. The van der Waals surface area contributed by atoms with Gasteiger partial charge in [0.15, 0.2) is 0 Å². The monoisotopic (exact) mass is 271 g/mol. The van der Waals surface area contributed by atoms with Crippen LogP contribution in [0.3, 0.4) is 0 Å². The van der Waals surface area contributed by atoms with Crippen molar-refractivity contribution in [1.82, 2.24) is 9.80 Å². The first-order chi connectivity index (χ1) is 6.95. The summed E-state index contributed by atoms with van der Waals surface area (Å²) in [6, 6.07) is 2.35. The molecule has 0 aromatic rings. The van der Waals surface area contributed by atoms with Crippen molar-refractivity contribution in [3.8, 4) is 6.07 Å². The van der Waals surface area contributed by atoms with E-state index in [9.17, 15) is 0 Å². The Balaban J connectivity index is 2.43. The first kappa shape index (κ1) is 12.7. The largest absolute Gasteiger partial charge is 0.296 e. The van der Waals surface area contributed by atoms with Crippen LogP contribution in [0.1, 0.15) is 13.8 Å². The van der Waals surface area contributed by atoms with Gasteiger partial charge in [-0.2, -0.15) is 5.26 Å². The number of piperazine rings is 1. The standard InChI is InChI=1S/C11H18BrN3/c1-10(12)8-14-4-6-15(7-5-14)11(2,3)9-13/h1,4-8H2,2-3H3. The molecule has 0 radical (unpaired) electrons. The van der Waals surface area contributed by atoms with Crippen molar-refractivity contribution in [3.63, 3.8) is 0 Å². The van der Waals surface area contributed by atoms with Gasteiger partial charge in [-0.25, -0.2) is 0 Å². The second kappa shape index (κ2) is 5.11. The van der Waals surface area contributed by atoms with Crippen molar-refractivity contribution in [3.05, 3.63) is 11.1 Å². The van der Waals surface area contributed by atoms with E-state index >= 15 is 0 Å². The normalized spacial score (nSPS) is 19.9. The van der Waals surface area contributed by atoms with Crippen LogP contribution in [0.2, 0.25) is 0 Å². The highest BCUT2D eigenvalue weighted by molar-refractivity contribution is 9.11. The van der Waals surface area contributed by atoms with Crippen LogP contribution in [-0.4, -0.2) is 48.1 Å². The summed E-state index contributed by atoms with van der Waals surface area (Å²) in [5, 5.41) is 9.03. The van der Waals surface area contributed by atoms with Gasteiger partial charge in [0.1, 0.15) is 5.54 Å². The van der Waals surface area contributed by atoms with Crippen molar-refractivity contribution in [2.45, 2.75) is 19.4 Å². The van der Waals surface area contributed by atoms with Gasteiger partial charge >= 0.3 is 0 Å². The van der Waals surface area contributed by atoms with Crippen LogP contribution in [0.4, 0.5) is 0 Å². The highest BCUT2D eigenvalue weighted by Gasteiger charge is 2.29. The van der Waals surface area contributed by atoms with Gasteiger partial charge in [0, 0.05) is 37.2 Å². The molecule has 4 heteroatoms. The van der Waals surface area contributed by atoms with Crippen molar-refractivity contribution >= 4 is 15.9 Å². The second-order valence-corrected chi connectivity index (χ2v) is 5.57. The van der Waals surface area contributed by atoms with Crippen LogP contribution in [0.5, 0.6) is 0 Å². The Bertz CT molecular complexity index is 272. The summed E-state index contributed by atoms with van der Waals surface area (Å²) < 4.78 is 1.02. The molecule has 3 nitrogen and oxygen atoms in total. The van der Waals surface area contributed by atoms with Crippen LogP contribution >= 0.6 is 15.9 Å². The zero-order valence-corrected chi connectivity index (χ0v) is 11.0. The molecule has 0 unspecified atom stereocenters. The fourth-order valence-electron chi connectivity index (χ4n) is 1.78. The quantitative estimate of drug-likeness (QED) is 0.785. The molecule has 1 fully saturated rings. The minimum Gasteiger partial charge on any atom is -0.296 e. The topological polar surface area (TPSA) is 30.3 Å². The number of hydrogen-bond acceptors (Lipinski definition) is 3. The van der Waals surface area contributed by atoms with Gasteiger partial charge in [-0.3, -0.25) is 9.80 Å². The molecule has 0 N–H and O–H groups in total. The van der Waals surface area contributed by atoms with Crippen molar-refractivity contribution in [1.29, 1.82) is 5.26 Å². The Hall–Kier alpha value is -0.370. The Morgan fingerprint density at radius 3 is 2.33 bits per heavy atom. The van der Waals surface area contributed by atoms with Gasteiger partial charge in [-0.1, -0.05) is 22.5 Å². The summed E-state index contributed by atoms with van der Waals surface area (Å²) in [4.78, 5) is 4.58. The highest BCUT2D eigenvalue weighted by Crippen LogP contribution is 2.16. The van der Waals surface area contributed by atoms with Crippen LogP contribution in [0.15, 0.2) is 11.1 Å². The third-order valence-electron chi connectivity index (χ3n) is 2.83. The molecule has 1 aliphatic heterocycles. The second-order valence-electron chi connectivity index (χ2n) is 4.45. The molecule has 1 saturated heterocycles. The van der Waals surface area contributed by atoms with Crippen LogP contribution in [0.25, 0.3) is 0 Å². The molecule has 0 aromatic carbocycles. The van der Waals surface area contributed by atoms with E-state index in [0.717, 1.165) is 37.2 Å². The van der Waals surface area contributed by atoms with Crippen LogP contribution in [0, 0.1) is 11.3 Å². The predicted octanol–water partition coefficient (Wildman–Crippen LogP) is 1.81. The molecule has 84 valence electrons. The molecule has 0 aliphatic carbocycles. The van der Waals surface area contributed by atoms with Gasteiger partial charge in [-0.15, -0.1) is 0 Å². The summed E-state index contributed by atoms with van der Waals surface area (Å²) in [6.07, 6.45) is 0. The molecule has 1 rings (SSSR count). The van der Waals surface area contributed by atoms with Gasteiger partial charge in [-0.05, 0) is 13.8 Å². The fourth-order valence-corrected chi connectivity index (χ4v) is 2.13. The highest BCUT2D eigenvalue weighted by atomic mass is 79.9. The maximum Gasteiger partial charge on any atom is 0.103 e. The summed E-state index contributed by atoms with van der Waals surface area (Å²) in [7, 11) is 0. The van der Waals surface area contributed by atoms with Crippen molar-refractivity contribution < 1.29 is 0 Å². The van der Waals surface area contributed by atoms with E-state index in [1.807, 2.05) is 13.8 Å². The molecule has 1 aliphatic rings. The SMILES string of the molecule is C=C(Br)CN1CCN(C(C)(C)C#N)CC1. The first-order valence-corrected chi connectivity index (χ1v) is 5.97. The van der Waals surface area contributed by atoms with Crippen LogP contribution < -0.4 is 0 Å². The summed E-state index contributed by atoms with van der Waals surface area (Å²) in [6.45, 7) is 12.6. The van der Waals surface area contributed by atoms with Gasteiger partial charge in [0.05, 0.1) is 6.07 Å². The molecule has 0 saturated carbocycles. The lowest BCUT2D eigenvalue weighted by Gasteiger charge is -2.40. The molecule has 0 amide bonds. The van der Waals surface area contributed by atoms with Crippen molar-refractivity contribution in [2.75, 3.05) is 32.7 Å². The Morgan fingerprint density at radius 1 is 1.40 bits per heavy atom. The zero-order chi connectivity index (χ0) is 11.5. The number of rotatable bonds is 3. The predicted molar refractivity (Wildman–Crippen MR) is 65.8 cm³/mol. The fraction of sp³-hybridized carbons (Fsp3) is 0.727. The maximum absolute atomic E-state index is 9.03. The van der Waals surface area contributed by atoms with Gasteiger partial charge in [0.25, 0.3) is 0 Å². The zero-order valence-electron chi connectivity index (χ0n) is 9.46. The van der Waals surface area contributed by atoms with E-state index in [1.54, 1.807) is 0 Å². The maximum atomic E-state index is 9.03. The molecule has 0 bridgehead atoms. The lowest BCUT2D eigenvalue weighted by Crippen LogP contribution is -2.54. The summed E-state index contributed by atoms with van der Waals surface area (Å²) >= 11 is 3.38. The summed E-state index contributed by atoms with van der Waals surface area (Å²) in [5.41, 5.74) is -0.336. The lowest BCUT2D eigenvalue weighted by atomic mass is 10.0. The molecule has 15 heavy (non-hydrogen) atoms. The van der Waals surface area contributed by atoms with Crippen molar-refractivity contribution in [2.24, 2.45) is 0 Å². The number of nitriles is 1. The molecular formula is C11H18BrN3. The Labute approximate surface area is 100 Å². The number of halogens is 1. The number of nitrogens with zero attached hydrogens (tertiary/aromatic N) is 3. The molecule has 0 atom stereocenters. The third-order valence-corrected chi connectivity index (χ3v) is 3.08. The minimum atomic E-state index is -0.336. The Morgan fingerprint density at radius 2 is 1.93 bits per heavy atom. The lowest BCUT2D eigenvalue weighted by molar-refractivity contribution is 0.0860. The third kappa shape index (κ3) is 3.60. The molecule has 0 aromatic heterocycles. The van der Waals surface area contributed by atoms with E-state index in [2.05, 4.69) is 38.4 Å². The van der Waals surface area contributed by atoms with Crippen LogP contribution in [-0.2, 0) is 0 Å². The first-order valence-electron chi connectivity index (χ1n) is 5.17. The average molecular weight is 272 g/mol. The van der Waals surface area contributed by atoms with Gasteiger partial charge < -0.3 is 0 Å².